The molecule has 150 valence electrons. The molecule has 0 radical (unpaired) electrons. The fourth-order valence-electron chi connectivity index (χ4n) is 3.27. The van der Waals surface area contributed by atoms with E-state index in [4.69, 9.17) is 14.2 Å². The van der Waals surface area contributed by atoms with Crippen molar-refractivity contribution in [3.63, 3.8) is 0 Å². The van der Waals surface area contributed by atoms with Crippen LogP contribution in [-0.4, -0.2) is 56.3 Å². The molecule has 1 atom stereocenters. The number of carbonyl (C=O) groups excluding carboxylic acids is 3. The van der Waals surface area contributed by atoms with E-state index in [1.807, 2.05) is 0 Å². The Bertz CT molecular complexity index is 797. The highest BCUT2D eigenvalue weighted by atomic mass is 16.6. The first kappa shape index (κ1) is 19.9. The second-order valence-corrected chi connectivity index (χ2v) is 6.73. The van der Waals surface area contributed by atoms with Gasteiger partial charge in [-0.1, -0.05) is 12.1 Å². The number of hydrogen-bond acceptors (Lipinski definition) is 6. The Hall–Kier alpha value is -2.87. The molecule has 0 aromatic heterocycles. The molecule has 28 heavy (non-hydrogen) atoms. The Morgan fingerprint density at radius 1 is 1.11 bits per heavy atom. The summed E-state index contributed by atoms with van der Waals surface area (Å²) >= 11 is 0. The normalized spacial score (nSPS) is 19.3. The summed E-state index contributed by atoms with van der Waals surface area (Å²) in [6.45, 7) is 2.17. The predicted molar refractivity (Wildman–Crippen MR) is 99.5 cm³/mol. The number of allylic oxidation sites excluding steroid dienone is 1. The molecule has 0 bridgehead atoms. The summed E-state index contributed by atoms with van der Waals surface area (Å²) in [5.41, 5.74) is 2.04. The standard InChI is InChI=1S/C20H24N2O6/c1-12-16(19(24)28-11-10-26-2)17(21-20(25)22(12)15-8-9-15)13-4-6-14(7-5-13)18(23)27-3/h4-7,15,17H,8-11H2,1-3H3,(H,21,25)/t17-/m0/s1. The topological polar surface area (TPSA) is 94.2 Å². The molecule has 1 saturated carbocycles. The average Bonchev–Trinajstić information content (AvgIpc) is 3.52. The van der Waals surface area contributed by atoms with Crippen LogP contribution in [0.25, 0.3) is 0 Å². The van der Waals surface area contributed by atoms with E-state index in [-0.39, 0.29) is 25.3 Å². The van der Waals surface area contributed by atoms with Gasteiger partial charge in [0.25, 0.3) is 0 Å². The van der Waals surface area contributed by atoms with Crippen LogP contribution < -0.4 is 5.32 Å². The van der Waals surface area contributed by atoms with Gasteiger partial charge in [0.1, 0.15) is 6.61 Å². The highest BCUT2D eigenvalue weighted by molar-refractivity contribution is 5.95. The molecule has 1 aliphatic carbocycles. The minimum Gasteiger partial charge on any atom is -0.465 e. The van der Waals surface area contributed by atoms with Crippen molar-refractivity contribution in [2.24, 2.45) is 0 Å². The maximum atomic E-state index is 12.8. The summed E-state index contributed by atoms with van der Waals surface area (Å²) < 4.78 is 15.0. The van der Waals surface area contributed by atoms with Gasteiger partial charge in [0.15, 0.2) is 0 Å². The number of urea groups is 1. The molecule has 0 unspecified atom stereocenters. The van der Waals surface area contributed by atoms with E-state index in [2.05, 4.69) is 5.32 Å². The van der Waals surface area contributed by atoms with Gasteiger partial charge in [-0.15, -0.1) is 0 Å². The van der Waals surface area contributed by atoms with Crippen LogP contribution in [0.3, 0.4) is 0 Å². The maximum absolute atomic E-state index is 12.8. The zero-order valence-electron chi connectivity index (χ0n) is 16.2. The van der Waals surface area contributed by atoms with Gasteiger partial charge in [0.2, 0.25) is 0 Å². The van der Waals surface area contributed by atoms with E-state index in [1.165, 1.54) is 14.2 Å². The summed E-state index contributed by atoms with van der Waals surface area (Å²) in [6, 6.07) is 5.80. The number of nitrogens with zero attached hydrogens (tertiary/aromatic N) is 1. The number of ether oxygens (including phenoxy) is 3. The smallest absolute Gasteiger partial charge is 0.338 e. The van der Waals surface area contributed by atoms with E-state index >= 15 is 0 Å². The summed E-state index contributed by atoms with van der Waals surface area (Å²) in [4.78, 5) is 38.7. The van der Waals surface area contributed by atoms with Crippen LogP contribution in [0.2, 0.25) is 0 Å². The van der Waals surface area contributed by atoms with E-state index < -0.39 is 18.0 Å². The number of methoxy groups -OCH3 is 2. The lowest BCUT2D eigenvalue weighted by atomic mass is 9.94. The van der Waals surface area contributed by atoms with Crippen LogP contribution in [0.4, 0.5) is 4.79 Å². The van der Waals surface area contributed by atoms with Crippen molar-refractivity contribution < 1.29 is 28.6 Å². The third-order valence-electron chi connectivity index (χ3n) is 4.84. The van der Waals surface area contributed by atoms with Crippen molar-refractivity contribution in [3.05, 3.63) is 46.7 Å². The van der Waals surface area contributed by atoms with Crippen LogP contribution in [0, 0.1) is 0 Å². The second kappa shape index (κ2) is 8.43. The van der Waals surface area contributed by atoms with Gasteiger partial charge in [-0.25, -0.2) is 14.4 Å². The monoisotopic (exact) mass is 388 g/mol. The number of benzene rings is 1. The zero-order valence-corrected chi connectivity index (χ0v) is 16.2. The van der Waals surface area contributed by atoms with Crippen LogP contribution >= 0.6 is 0 Å². The van der Waals surface area contributed by atoms with Crippen LogP contribution in [0.15, 0.2) is 35.5 Å². The van der Waals surface area contributed by atoms with E-state index in [1.54, 1.807) is 36.1 Å². The van der Waals surface area contributed by atoms with Crippen molar-refractivity contribution in [1.29, 1.82) is 0 Å². The first-order valence-electron chi connectivity index (χ1n) is 9.12. The summed E-state index contributed by atoms with van der Waals surface area (Å²) in [6.07, 6.45) is 1.82. The molecule has 1 N–H and O–H groups in total. The quantitative estimate of drug-likeness (QED) is 0.568. The van der Waals surface area contributed by atoms with Gasteiger partial charge in [0.05, 0.1) is 30.9 Å². The number of amides is 2. The van der Waals surface area contributed by atoms with Crippen molar-refractivity contribution in [1.82, 2.24) is 10.2 Å². The van der Waals surface area contributed by atoms with Crippen molar-refractivity contribution >= 4 is 18.0 Å². The van der Waals surface area contributed by atoms with Gasteiger partial charge in [-0.3, -0.25) is 4.90 Å². The van der Waals surface area contributed by atoms with E-state index in [9.17, 15) is 14.4 Å². The highest BCUT2D eigenvalue weighted by Gasteiger charge is 2.42. The molecular weight excluding hydrogens is 364 g/mol. The third-order valence-corrected chi connectivity index (χ3v) is 4.84. The van der Waals surface area contributed by atoms with Crippen LogP contribution in [0.5, 0.6) is 0 Å². The molecule has 0 spiro atoms. The first-order chi connectivity index (χ1) is 13.5. The lowest BCUT2D eigenvalue weighted by molar-refractivity contribution is -0.140. The summed E-state index contributed by atoms with van der Waals surface area (Å²) in [5.74, 6) is -0.952. The molecule has 8 heteroatoms. The largest absolute Gasteiger partial charge is 0.465 e. The Morgan fingerprint density at radius 3 is 2.36 bits per heavy atom. The number of esters is 2. The molecule has 1 aliphatic heterocycles. The van der Waals surface area contributed by atoms with Crippen molar-refractivity contribution in [2.75, 3.05) is 27.4 Å². The minimum absolute atomic E-state index is 0.115. The highest BCUT2D eigenvalue weighted by Crippen LogP contribution is 2.37. The number of rotatable bonds is 7. The lowest BCUT2D eigenvalue weighted by Crippen LogP contribution is -2.49. The molecule has 8 nitrogen and oxygen atoms in total. The van der Waals surface area contributed by atoms with Gasteiger partial charge in [0, 0.05) is 18.8 Å². The molecular formula is C20H24N2O6. The van der Waals surface area contributed by atoms with E-state index in [0.717, 1.165) is 12.8 Å². The molecule has 1 heterocycles. The minimum atomic E-state index is -0.663. The lowest BCUT2D eigenvalue weighted by Gasteiger charge is -2.35. The molecule has 1 aromatic rings. The van der Waals surface area contributed by atoms with Gasteiger partial charge in [-0.05, 0) is 37.5 Å². The fraction of sp³-hybridized carbons (Fsp3) is 0.450. The maximum Gasteiger partial charge on any atom is 0.338 e. The predicted octanol–water partition coefficient (Wildman–Crippen LogP) is 2.17. The van der Waals surface area contributed by atoms with E-state index in [0.29, 0.717) is 22.4 Å². The third kappa shape index (κ3) is 4.01. The SMILES string of the molecule is COCCOC(=O)C1=C(C)N(C2CC2)C(=O)N[C@H]1c1ccc(C(=O)OC)cc1. The van der Waals surface area contributed by atoms with Crippen LogP contribution in [-0.2, 0) is 19.0 Å². The van der Waals surface area contributed by atoms with Crippen molar-refractivity contribution in [2.45, 2.75) is 31.8 Å². The van der Waals surface area contributed by atoms with Crippen LogP contribution in [0.1, 0.15) is 41.7 Å². The van der Waals surface area contributed by atoms with Gasteiger partial charge < -0.3 is 19.5 Å². The number of hydrogen-bond donors (Lipinski definition) is 1. The number of nitrogens with one attached hydrogen (secondary N) is 1. The molecule has 1 aromatic carbocycles. The first-order valence-corrected chi connectivity index (χ1v) is 9.12. The Labute approximate surface area is 163 Å². The van der Waals surface area contributed by atoms with Gasteiger partial charge in [-0.2, -0.15) is 0 Å². The summed E-state index contributed by atoms with van der Waals surface area (Å²) in [7, 11) is 2.84. The Kier molecular flexibility index (Phi) is 5.99. The molecule has 3 rings (SSSR count). The summed E-state index contributed by atoms with van der Waals surface area (Å²) in [5, 5.41) is 2.90. The zero-order chi connectivity index (χ0) is 20.3. The Balaban J connectivity index is 1.93. The molecule has 0 saturated heterocycles. The van der Waals surface area contributed by atoms with Crippen molar-refractivity contribution in [3.8, 4) is 0 Å². The molecule has 1 fully saturated rings. The number of carbonyl (C=O) groups is 3. The fourth-order valence-corrected chi connectivity index (χ4v) is 3.27. The second-order valence-electron chi connectivity index (χ2n) is 6.73. The molecule has 2 amide bonds. The van der Waals surface area contributed by atoms with Gasteiger partial charge >= 0.3 is 18.0 Å². The Morgan fingerprint density at radius 2 is 1.79 bits per heavy atom. The molecule has 2 aliphatic rings. The average molecular weight is 388 g/mol.